The average molecular weight is 373 g/mol. The summed E-state index contributed by atoms with van der Waals surface area (Å²) < 4.78 is 0. The van der Waals surface area contributed by atoms with Crippen LogP contribution in [0, 0.1) is 0 Å². The van der Waals surface area contributed by atoms with Gasteiger partial charge in [-0.2, -0.15) is 0 Å². The lowest BCUT2D eigenvalue weighted by Gasteiger charge is -2.31. The largest absolute Gasteiger partial charge is 0.350 e. The number of carbonyl (C=O) groups excluding carboxylic acids is 1. The first kappa shape index (κ1) is 17.3. The molecule has 26 heavy (non-hydrogen) atoms. The van der Waals surface area contributed by atoms with Crippen molar-refractivity contribution in [3.8, 4) is 0 Å². The Morgan fingerprint density at radius 1 is 1.42 bits per heavy atom. The first-order valence-corrected chi connectivity index (χ1v) is 9.79. The van der Waals surface area contributed by atoms with Crippen LogP contribution in [-0.4, -0.2) is 77.3 Å². The fourth-order valence-corrected chi connectivity index (χ4v) is 4.22. The van der Waals surface area contributed by atoms with Crippen molar-refractivity contribution in [2.45, 2.75) is 6.04 Å². The van der Waals surface area contributed by atoms with Crippen molar-refractivity contribution in [3.63, 3.8) is 0 Å². The minimum Gasteiger partial charge on any atom is -0.350 e. The number of hydrogen-bond acceptors (Lipinski definition) is 7. The molecule has 3 N–H and O–H groups in total. The lowest BCUT2D eigenvalue weighted by atomic mass is 10.2. The third-order valence-corrected chi connectivity index (χ3v) is 5.65. The molecule has 2 aliphatic rings. The number of hydrogen-bond donors (Lipinski definition) is 3. The molecule has 1 amide bonds. The van der Waals surface area contributed by atoms with Gasteiger partial charge in [0.25, 0.3) is 5.91 Å². The number of rotatable bonds is 4. The van der Waals surface area contributed by atoms with E-state index in [1.807, 2.05) is 23.4 Å². The van der Waals surface area contributed by atoms with Crippen LogP contribution in [0.4, 0.5) is 5.82 Å². The molecule has 2 aromatic rings. The molecule has 0 saturated carbocycles. The van der Waals surface area contributed by atoms with Gasteiger partial charge in [-0.05, 0) is 13.1 Å². The number of H-pyrrole nitrogens is 1. The van der Waals surface area contributed by atoms with Gasteiger partial charge in [0, 0.05) is 56.9 Å². The number of fused-ring (bicyclic) bond motifs is 1. The van der Waals surface area contributed by atoms with Gasteiger partial charge in [0.1, 0.15) is 17.8 Å². The van der Waals surface area contributed by atoms with Crippen LogP contribution in [-0.2, 0) is 4.79 Å². The van der Waals surface area contributed by atoms with Crippen LogP contribution >= 0.6 is 11.8 Å². The van der Waals surface area contributed by atoms with Crippen LogP contribution < -0.4 is 15.5 Å². The van der Waals surface area contributed by atoms with Gasteiger partial charge in [-0.3, -0.25) is 4.79 Å². The predicted octanol–water partition coefficient (Wildman–Crippen LogP) is 0.372. The molecule has 9 heteroatoms. The van der Waals surface area contributed by atoms with E-state index in [0.29, 0.717) is 12.6 Å². The molecule has 0 radical (unpaired) electrons. The second kappa shape index (κ2) is 7.65. The number of aromatic nitrogens is 3. The Labute approximate surface area is 156 Å². The number of aromatic amines is 1. The maximum Gasteiger partial charge on any atom is 0.259 e. The topological polar surface area (TPSA) is 89.2 Å². The molecule has 4 rings (SSSR count). The number of carbonyl (C=O) groups is 1. The quantitative estimate of drug-likeness (QED) is 0.714. The van der Waals surface area contributed by atoms with E-state index in [2.05, 4.69) is 37.5 Å². The Kier molecular flexibility index (Phi) is 5.09. The number of likely N-dealkylation sites (N-methyl/N-ethyl adjacent to an activating group) is 1. The standard InChI is InChI=1S/C17H23N7OS/c1-23-5-4-18-12(9-23)8-20-17(25)14-10-24(6-7-26-14)16-13-2-3-19-15(13)21-11-22-16/h2-3,10-12,18H,4-9H2,1H3,(H,20,25)(H,19,21,22). The van der Waals surface area contributed by atoms with Gasteiger partial charge in [0.2, 0.25) is 0 Å². The van der Waals surface area contributed by atoms with E-state index in [0.717, 1.165) is 53.7 Å². The van der Waals surface area contributed by atoms with E-state index in [9.17, 15) is 4.79 Å². The Morgan fingerprint density at radius 2 is 2.35 bits per heavy atom. The SMILES string of the molecule is CN1CCNC(CNC(=O)C2=CN(c3ncnc4[nH]ccc34)CCS2)C1. The number of thioether (sulfide) groups is 1. The van der Waals surface area contributed by atoms with Crippen molar-refractivity contribution in [3.05, 3.63) is 29.7 Å². The summed E-state index contributed by atoms with van der Waals surface area (Å²) in [6.45, 7) is 4.41. The molecule has 2 aliphatic heterocycles. The summed E-state index contributed by atoms with van der Waals surface area (Å²) in [5, 5.41) is 7.47. The van der Waals surface area contributed by atoms with Crippen LogP contribution in [0.3, 0.4) is 0 Å². The van der Waals surface area contributed by atoms with Crippen LogP contribution in [0.2, 0.25) is 0 Å². The van der Waals surface area contributed by atoms with Gasteiger partial charge in [0.15, 0.2) is 0 Å². The fraction of sp³-hybridized carbons (Fsp3) is 0.471. The maximum atomic E-state index is 12.6. The number of amides is 1. The minimum absolute atomic E-state index is 0.0194. The highest BCUT2D eigenvalue weighted by Gasteiger charge is 2.22. The Bertz CT molecular complexity index is 820. The summed E-state index contributed by atoms with van der Waals surface area (Å²) in [5.74, 6) is 1.66. The predicted molar refractivity (Wildman–Crippen MR) is 104 cm³/mol. The van der Waals surface area contributed by atoms with Gasteiger partial charge in [-0.15, -0.1) is 11.8 Å². The van der Waals surface area contributed by atoms with Crippen molar-refractivity contribution in [2.24, 2.45) is 0 Å². The zero-order valence-corrected chi connectivity index (χ0v) is 15.6. The maximum absolute atomic E-state index is 12.6. The Morgan fingerprint density at radius 3 is 3.23 bits per heavy atom. The first-order valence-electron chi connectivity index (χ1n) is 8.80. The minimum atomic E-state index is -0.0194. The Balaban J connectivity index is 1.44. The van der Waals surface area contributed by atoms with Crippen LogP contribution in [0.1, 0.15) is 0 Å². The summed E-state index contributed by atoms with van der Waals surface area (Å²) in [6.07, 6.45) is 5.31. The normalized spacial score (nSPS) is 21.7. The number of anilines is 1. The molecule has 0 aliphatic carbocycles. The lowest BCUT2D eigenvalue weighted by Crippen LogP contribution is -2.53. The molecular weight excluding hydrogens is 350 g/mol. The summed E-state index contributed by atoms with van der Waals surface area (Å²) in [6, 6.07) is 2.26. The molecule has 1 atom stereocenters. The molecule has 4 heterocycles. The van der Waals surface area contributed by atoms with E-state index in [4.69, 9.17) is 0 Å². The van der Waals surface area contributed by atoms with Gasteiger partial charge in [-0.25, -0.2) is 9.97 Å². The number of piperazine rings is 1. The van der Waals surface area contributed by atoms with Crippen molar-refractivity contribution >= 4 is 34.5 Å². The number of nitrogens with one attached hydrogen (secondary N) is 3. The van der Waals surface area contributed by atoms with E-state index in [1.165, 1.54) is 0 Å². The Hall–Kier alpha value is -2.10. The molecule has 1 saturated heterocycles. The molecule has 1 unspecified atom stereocenters. The second-order valence-electron chi connectivity index (χ2n) is 6.60. The van der Waals surface area contributed by atoms with Gasteiger partial charge in [0.05, 0.1) is 10.3 Å². The fourth-order valence-electron chi connectivity index (χ4n) is 3.31. The van der Waals surface area contributed by atoms with Crippen LogP contribution in [0.25, 0.3) is 11.0 Å². The third-order valence-electron chi connectivity index (χ3n) is 4.66. The third kappa shape index (κ3) is 3.69. The molecule has 8 nitrogen and oxygen atoms in total. The monoisotopic (exact) mass is 373 g/mol. The smallest absolute Gasteiger partial charge is 0.259 e. The van der Waals surface area contributed by atoms with Gasteiger partial charge in [-0.1, -0.05) is 0 Å². The van der Waals surface area contributed by atoms with Gasteiger partial charge >= 0.3 is 0 Å². The molecule has 2 aromatic heterocycles. The molecular formula is C17H23N7OS. The highest BCUT2D eigenvalue weighted by atomic mass is 32.2. The van der Waals surface area contributed by atoms with Crippen molar-refractivity contribution in [2.75, 3.05) is 50.4 Å². The molecule has 0 aromatic carbocycles. The molecule has 0 bridgehead atoms. The lowest BCUT2D eigenvalue weighted by molar-refractivity contribution is -0.117. The molecule has 1 fully saturated rings. The van der Waals surface area contributed by atoms with Crippen molar-refractivity contribution in [1.82, 2.24) is 30.5 Å². The van der Waals surface area contributed by atoms with E-state index >= 15 is 0 Å². The first-order chi connectivity index (χ1) is 12.7. The van der Waals surface area contributed by atoms with Crippen LogP contribution in [0.5, 0.6) is 0 Å². The average Bonchev–Trinajstić information content (AvgIpc) is 3.15. The van der Waals surface area contributed by atoms with E-state index in [1.54, 1.807) is 18.1 Å². The highest BCUT2D eigenvalue weighted by Crippen LogP contribution is 2.28. The van der Waals surface area contributed by atoms with E-state index < -0.39 is 0 Å². The second-order valence-corrected chi connectivity index (χ2v) is 7.73. The highest BCUT2D eigenvalue weighted by molar-refractivity contribution is 8.04. The summed E-state index contributed by atoms with van der Waals surface area (Å²) in [7, 11) is 2.11. The van der Waals surface area contributed by atoms with Crippen LogP contribution in [0.15, 0.2) is 29.7 Å². The summed E-state index contributed by atoms with van der Waals surface area (Å²) >= 11 is 1.59. The summed E-state index contributed by atoms with van der Waals surface area (Å²) in [4.78, 5) is 29.4. The van der Waals surface area contributed by atoms with Crippen molar-refractivity contribution < 1.29 is 4.79 Å². The van der Waals surface area contributed by atoms with Gasteiger partial charge < -0.3 is 25.4 Å². The molecule has 138 valence electrons. The zero-order chi connectivity index (χ0) is 17.9. The van der Waals surface area contributed by atoms with Crippen molar-refractivity contribution in [1.29, 1.82) is 0 Å². The molecule has 0 spiro atoms. The van der Waals surface area contributed by atoms with E-state index in [-0.39, 0.29) is 5.91 Å². The number of nitrogens with zero attached hydrogens (tertiary/aromatic N) is 4. The zero-order valence-electron chi connectivity index (χ0n) is 14.7. The summed E-state index contributed by atoms with van der Waals surface area (Å²) in [5.41, 5.74) is 0.806.